The molecule has 1 saturated heterocycles. The molecule has 1 aliphatic rings. The molecule has 2 rings (SSSR count). The summed E-state index contributed by atoms with van der Waals surface area (Å²) in [5.41, 5.74) is 2.88. The summed E-state index contributed by atoms with van der Waals surface area (Å²) in [6.07, 6.45) is 2.57. The van der Waals surface area contributed by atoms with E-state index in [-0.39, 0.29) is 0 Å². The Hall–Kier alpha value is -0.860. The molecule has 0 saturated carbocycles. The first kappa shape index (κ1) is 16.5. The number of aryl methyl sites for hydroxylation is 1. The monoisotopic (exact) mass is 288 g/mol. The number of likely N-dealkylation sites (tertiary alicyclic amines) is 1. The highest BCUT2D eigenvalue weighted by Crippen LogP contribution is 2.25. The maximum atomic E-state index is 3.67. The molecule has 1 aromatic carbocycles. The summed E-state index contributed by atoms with van der Waals surface area (Å²) < 4.78 is 0. The maximum Gasteiger partial charge on any atom is 0.0334 e. The molecule has 2 nitrogen and oxygen atoms in total. The minimum absolute atomic E-state index is 0.492. The lowest BCUT2D eigenvalue weighted by Gasteiger charge is -2.36. The Labute approximate surface area is 130 Å². The van der Waals surface area contributed by atoms with Gasteiger partial charge in [-0.15, -0.1) is 0 Å². The third-order valence-electron chi connectivity index (χ3n) is 5.17. The number of rotatable bonds is 6. The van der Waals surface area contributed by atoms with E-state index in [4.69, 9.17) is 0 Å². The van der Waals surface area contributed by atoms with Crippen LogP contribution in [0.3, 0.4) is 0 Å². The predicted molar refractivity (Wildman–Crippen MR) is 91.6 cm³/mol. The SMILES string of the molecule is CCNC(CCN1CCC(C)C(C)C1)c1ccccc1C. The summed E-state index contributed by atoms with van der Waals surface area (Å²) in [5, 5.41) is 3.67. The second-order valence-electron chi connectivity index (χ2n) is 6.80. The van der Waals surface area contributed by atoms with Crippen LogP contribution in [0.25, 0.3) is 0 Å². The first-order chi connectivity index (χ1) is 10.1. The van der Waals surface area contributed by atoms with Crippen LogP contribution in [0.1, 0.15) is 50.8 Å². The topological polar surface area (TPSA) is 15.3 Å². The highest BCUT2D eigenvalue weighted by molar-refractivity contribution is 5.28. The molecule has 3 atom stereocenters. The van der Waals surface area contributed by atoms with Crippen molar-refractivity contribution in [1.29, 1.82) is 0 Å². The zero-order valence-electron chi connectivity index (χ0n) is 14.2. The number of piperidine rings is 1. The standard InChI is InChI=1S/C19H32N2/c1-5-20-19(18-9-7-6-8-16(18)3)11-13-21-12-10-15(2)17(4)14-21/h6-9,15,17,19-20H,5,10-14H2,1-4H3. The normalized spacial score (nSPS) is 25.0. The number of hydrogen-bond acceptors (Lipinski definition) is 2. The molecule has 1 heterocycles. The van der Waals surface area contributed by atoms with Gasteiger partial charge in [-0.1, -0.05) is 45.0 Å². The van der Waals surface area contributed by atoms with Gasteiger partial charge in [0.1, 0.15) is 0 Å². The van der Waals surface area contributed by atoms with E-state index in [9.17, 15) is 0 Å². The van der Waals surface area contributed by atoms with Crippen molar-refractivity contribution in [2.75, 3.05) is 26.2 Å². The quantitative estimate of drug-likeness (QED) is 0.850. The van der Waals surface area contributed by atoms with Crippen LogP contribution in [0.15, 0.2) is 24.3 Å². The Kier molecular flexibility index (Phi) is 6.25. The van der Waals surface area contributed by atoms with E-state index in [1.54, 1.807) is 0 Å². The molecule has 0 spiro atoms. The Balaban J connectivity index is 1.93. The molecule has 0 amide bonds. The third kappa shape index (κ3) is 4.55. The van der Waals surface area contributed by atoms with Gasteiger partial charge in [-0.05, 0) is 62.4 Å². The largest absolute Gasteiger partial charge is 0.310 e. The van der Waals surface area contributed by atoms with Gasteiger partial charge in [-0.25, -0.2) is 0 Å². The van der Waals surface area contributed by atoms with Crippen molar-refractivity contribution < 1.29 is 0 Å². The van der Waals surface area contributed by atoms with Crippen LogP contribution in [0.5, 0.6) is 0 Å². The zero-order chi connectivity index (χ0) is 15.2. The van der Waals surface area contributed by atoms with Crippen LogP contribution in [0, 0.1) is 18.8 Å². The first-order valence-electron chi connectivity index (χ1n) is 8.63. The molecule has 0 aliphatic carbocycles. The van der Waals surface area contributed by atoms with Crippen molar-refractivity contribution in [3.05, 3.63) is 35.4 Å². The van der Waals surface area contributed by atoms with Crippen LogP contribution < -0.4 is 5.32 Å². The van der Waals surface area contributed by atoms with Gasteiger partial charge in [0.15, 0.2) is 0 Å². The van der Waals surface area contributed by atoms with E-state index in [1.807, 2.05) is 0 Å². The van der Waals surface area contributed by atoms with E-state index in [0.29, 0.717) is 6.04 Å². The van der Waals surface area contributed by atoms with Crippen molar-refractivity contribution in [3.63, 3.8) is 0 Å². The lowest BCUT2D eigenvalue weighted by molar-refractivity contribution is 0.133. The number of nitrogens with one attached hydrogen (secondary N) is 1. The minimum atomic E-state index is 0.492. The third-order valence-corrected chi connectivity index (χ3v) is 5.17. The number of hydrogen-bond donors (Lipinski definition) is 1. The molecule has 118 valence electrons. The van der Waals surface area contributed by atoms with Gasteiger partial charge in [0, 0.05) is 12.6 Å². The van der Waals surface area contributed by atoms with Crippen molar-refractivity contribution in [3.8, 4) is 0 Å². The Morgan fingerprint density at radius 2 is 2.00 bits per heavy atom. The van der Waals surface area contributed by atoms with Gasteiger partial charge in [0.05, 0.1) is 0 Å². The van der Waals surface area contributed by atoms with Crippen LogP contribution in [-0.2, 0) is 0 Å². The molecule has 1 fully saturated rings. The fraction of sp³-hybridized carbons (Fsp3) is 0.684. The molecule has 0 aromatic heterocycles. The molecule has 1 aliphatic heterocycles. The van der Waals surface area contributed by atoms with Crippen molar-refractivity contribution >= 4 is 0 Å². The van der Waals surface area contributed by atoms with Gasteiger partial charge < -0.3 is 10.2 Å². The summed E-state index contributed by atoms with van der Waals surface area (Å²) >= 11 is 0. The molecule has 1 N–H and O–H groups in total. The fourth-order valence-corrected chi connectivity index (χ4v) is 3.46. The summed E-state index contributed by atoms with van der Waals surface area (Å²) in [7, 11) is 0. The lowest BCUT2D eigenvalue weighted by Crippen LogP contribution is -2.40. The van der Waals surface area contributed by atoms with Gasteiger partial charge >= 0.3 is 0 Å². The Morgan fingerprint density at radius 3 is 2.67 bits per heavy atom. The van der Waals surface area contributed by atoms with E-state index in [1.165, 1.54) is 43.6 Å². The van der Waals surface area contributed by atoms with Crippen LogP contribution >= 0.6 is 0 Å². The predicted octanol–water partition coefficient (Wildman–Crippen LogP) is 4.01. The highest BCUT2D eigenvalue weighted by Gasteiger charge is 2.23. The zero-order valence-corrected chi connectivity index (χ0v) is 14.2. The summed E-state index contributed by atoms with van der Waals surface area (Å²) in [5.74, 6) is 1.73. The average Bonchev–Trinajstić information content (AvgIpc) is 2.48. The second kappa shape index (κ2) is 7.95. The fourth-order valence-electron chi connectivity index (χ4n) is 3.46. The van der Waals surface area contributed by atoms with Gasteiger partial charge in [0.2, 0.25) is 0 Å². The van der Waals surface area contributed by atoms with Gasteiger partial charge in [-0.2, -0.15) is 0 Å². The van der Waals surface area contributed by atoms with Crippen LogP contribution in [-0.4, -0.2) is 31.1 Å². The molecule has 21 heavy (non-hydrogen) atoms. The van der Waals surface area contributed by atoms with Crippen molar-refractivity contribution in [2.45, 2.75) is 46.6 Å². The molecular formula is C19H32N2. The molecule has 1 aromatic rings. The summed E-state index contributed by atoms with van der Waals surface area (Å²) in [6, 6.07) is 9.30. The second-order valence-corrected chi connectivity index (χ2v) is 6.80. The Bertz CT molecular complexity index is 429. The molecular weight excluding hydrogens is 256 g/mol. The lowest BCUT2D eigenvalue weighted by atomic mass is 9.88. The van der Waals surface area contributed by atoms with E-state index in [2.05, 4.69) is 62.2 Å². The van der Waals surface area contributed by atoms with Gasteiger partial charge in [0.25, 0.3) is 0 Å². The van der Waals surface area contributed by atoms with Crippen LogP contribution in [0.2, 0.25) is 0 Å². The molecule has 2 heteroatoms. The highest BCUT2D eigenvalue weighted by atomic mass is 15.1. The van der Waals surface area contributed by atoms with Crippen LogP contribution in [0.4, 0.5) is 0 Å². The molecule has 0 radical (unpaired) electrons. The van der Waals surface area contributed by atoms with E-state index >= 15 is 0 Å². The minimum Gasteiger partial charge on any atom is -0.310 e. The van der Waals surface area contributed by atoms with Gasteiger partial charge in [-0.3, -0.25) is 0 Å². The number of benzene rings is 1. The number of nitrogens with zero attached hydrogens (tertiary/aromatic N) is 1. The maximum absolute atomic E-state index is 3.67. The van der Waals surface area contributed by atoms with E-state index in [0.717, 1.165) is 18.4 Å². The average molecular weight is 288 g/mol. The Morgan fingerprint density at radius 1 is 1.24 bits per heavy atom. The molecule has 0 bridgehead atoms. The molecule has 3 unspecified atom stereocenters. The smallest absolute Gasteiger partial charge is 0.0334 e. The van der Waals surface area contributed by atoms with Crippen molar-refractivity contribution in [2.24, 2.45) is 11.8 Å². The summed E-state index contributed by atoms with van der Waals surface area (Å²) in [4.78, 5) is 2.66. The van der Waals surface area contributed by atoms with Crippen molar-refractivity contribution in [1.82, 2.24) is 10.2 Å². The summed E-state index contributed by atoms with van der Waals surface area (Å²) in [6.45, 7) is 14.0. The first-order valence-corrected chi connectivity index (χ1v) is 8.63. The van der Waals surface area contributed by atoms with E-state index < -0.39 is 0 Å².